The Morgan fingerprint density at radius 1 is 0.621 bits per heavy atom. The highest BCUT2D eigenvalue weighted by molar-refractivity contribution is 6.08. The molecule has 12 aromatic rings. The third kappa shape index (κ3) is 10.9. The van der Waals surface area contributed by atoms with E-state index in [0.29, 0.717) is 79.4 Å². The van der Waals surface area contributed by atoms with Gasteiger partial charge < -0.3 is 50.7 Å². The number of carbonyl (C=O) groups is 2. The van der Waals surface area contributed by atoms with E-state index in [2.05, 4.69) is 70.3 Å². The monoisotopic (exact) mass is 1170 g/mol. The predicted molar refractivity (Wildman–Crippen MR) is 330 cm³/mol. The van der Waals surface area contributed by atoms with Gasteiger partial charge in [0, 0.05) is 106 Å². The lowest BCUT2D eigenvalue weighted by molar-refractivity contribution is 0.101. The zero-order valence-electron chi connectivity index (χ0n) is 48.6. The summed E-state index contributed by atoms with van der Waals surface area (Å²) in [6.07, 6.45) is 15.6. The van der Waals surface area contributed by atoms with Crippen LogP contribution in [0.2, 0.25) is 0 Å². The number of aryl methyl sites for hydroxylation is 3. The molecule has 0 radical (unpaired) electrons. The lowest BCUT2D eigenvalue weighted by Gasteiger charge is -2.31. The van der Waals surface area contributed by atoms with Crippen LogP contribution in [0, 0.1) is 6.92 Å². The minimum atomic E-state index is -0.266. The molecule has 26 nitrogen and oxygen atoms in total. The molecule has 2 aromatic carbocycles. The van der Waals surface area contributed by atoms with Gasteiger partial charge in [0.25, 0.3) is 11.8 Å². The van der Waals surface area contributed by atoms with Crippen LogP contribution >= 0.6 is 0 Å². The van der Waals surface area contributed by atoms with Crippen molar-refractivity contribution in [1.29, 1.82) is 0 Å². The molecular weight excluding hydrogens is 1100 g/mol. The number of pyridine rings is 2. The van der Waals surface area contributed by atoms with Gasteiger partial charge in [-0.05, 0) is 93.3 Å². The van der Waals surface area contributed by atoms with Crippen LogP contribution in [-0.2, 0) is 27.2 Å². The first-order chi connectivity index (χ1) is 42.4. The quantitative estimate of drug-likeness (QED) is 0.0603. The minimum Gasteiger partial charge on any atom is -0.495 e. The first-order valence-electron chi connectivity index (χ1n) is 28.6. The lowest BCUT2D eigenvalue weighted by Crippen LogP contribution is -2.34. The van der Waals surface area contributed by atoms with Crippen molar-refractivity contribution in [2.75, 3.05) is 62.5 Å². The summed E-state index contributed by atoms with van der Waals surface area (Å²) >= 11 is 0. The number of hydrogen-bond acceptors (Lipinski definition) is 18. The summed E-state index contributed by atoms with van der Waals surface area (Å²) in [5.74, 6) is 2.11. The number of nitrogen functional groups attached to an aromatic ring is 2. The topological polar surface area (TPSA) is 315 Å². The number of imidazole rings is 2. The summed E-state index contributed by atoms with van der Waals surface area (Å²) < 4.78 is 19.0. The number of methoxy groups -OCH3 is 2. The third-order valence-electron chi connectivity index (χ3n) is 16.5. The highest BCUT2D eigenvalue weighted by Gasteiger charge is 2.30. The Bertz CT molecular complexity index is 4500. The summed E-state index contributed by atoms with van der Waals surface area (Å²) in [5, 5.41) is 18.4. The average Bonchev–Trinajstić information content (AvgIpc) is 3.04. The Hall–Kier alpha value is -10.6. The molecule has 2 amide bonds. The number of aromatic nitrogens is 16. The maximum absolute atomic E-state index is 13.3. The van der Waals surface area contributed by atoms with Crippen LogP contribution in [0.5, 0.6) is 11.5 Å². The normalized spacial score (nSPS) is 14.4. The first kappa shape index (κ1) is 55.6. The van der Waals surface area contributed by atoms with Gasteiger partial charge in [0.05, 0.1) is 65.8 Å². The molecule has 2 fully saturated rings. The van der Waals surface area contributed by atoms with Crippen LogP contribution in [0.15, 0.2) is 117 Å². The van der Waals surface area contributed by atoms with E-state index < -0.39 is 0 Å². The number of amides is 2. The Labute approximate surface area is 498 Å². The van der Waals surface area contributed by atoms with Crippen LogP contribution in [-0.4, -0.2) is 141 Å². The van der Waals surface area contributed by atoms with Gasteiger partial charge in [0.2, 0.25) is 0 Å². The van der Waals surface area contributed by atoms with Gasteiger partial charge in [0.15, 0.2) is 11.3 Å². The number of piperidine rings is 2. The zero-order chi connectivity index (χ0) is 59.9. The number of nitrogens with one attached hydrogen (secondary N) is 4. The summed E-state index contributed by atoms with van der Waals surface area (Å²) in [6.45, 7) is 7.35. The largest absolute Gasteiger partial charge is 0.495 e. The number of likely N-dealkylation sites (tertiary alicyclic amines) is 2. The van der Waals surface area contributed by atoms with Gasteiger partial charge in [-0.2, -0.15) is 10.2 Å². The number of benzene rings is 2. The average molecular weight is 1170 g/mol. The molecule has 0 spiro atoms. The van der Waals surface area contributed by atoms with Crippen LogP contribution in [0.3, 0.4) is 0 Å². The molecule has 0 saturated carbocycles. The van der Waals surface area contributed by atoms with Crippen molar-refractivity contribution in [2.24, 2.45) is 14.1 Å². The molecule has 0 bridgehead atoms. The van der Waals surface area contributed by atoms with Crippen molar-refractivity contribution < 1.29 is 19.1 Å². The molecular formula is C61H64N22O4. The van der Waals surface area contributed by atoms with Crippen molar-refractivity contribution >= 4 is 79.0 Å². The first-order valence-corrected chi connectivity index (χ1v) is 28.6. The molecule has 0 aliphatic carbocycles. The highest BCUT2D eigenvalue weighted by Crippen LogP contribution is 2.40. The number of nitrogens with zero attached hydrogens (tertiary/aromatic N) is 16. The second kappa shape index (κ2) is 23.5. The standard InChI is InChI=1S/C31H33N11O2.C30H31N11O2/c1-18-34-15-21(37-18)16-41-11-8-22(9-12-41)42-30-26(28(32)35-17-36-30)27(39-42)19-6-7-23(25(14-19)44-3)38-31(43)24-13-20-5-4-10-33-29(20)40(24)2;1-39-23-4-3-9-33-22(23)13-24(39)30(42)37-21-6-5-18(12-25(21)43-2)27-26-28(31)35-17-36-29(26)41(38-27)20-7-10-40(11-8-20)15-19-14-32-16-34-19/h4-7,10,13-15,17,22H,8-9,11-12,16H2,1-3H3,(H,34,37)(H,38,43)(H2,32,35,36);3-6,9,12-14,16-17,20H,7-8,10-11,15H2,1-2H3,(H,32,34)(H,37,42)(H2,31,35,36). The molecule has 442 valence electrons. The summed E-state index contributed by atoms with van der Waals surface area (Å²) in [6, 6.07) is 22.6. The van der Waals surface area contributed by atoms with Gasteiger partial charge >= 0.3 is 0 Å². The fourth-order valence-corrected chi connectivity index (χ4v) is 12.0. The Balaban J connectivity index is 0.000000161. The molecule has 87 heavy (non-hydrogen) atoms. The van der Waals surface area contributed by atoms with E-state index in [1.165, 1.54) is 12.7 Å². The summed E-state index contributed by atoms with van der Waals surface area (Å²) in [4.78, 5) is 72.8. The van der Waals surface area contributed by atoms with Gasteiger partial charge in [0.1, 0.15) is 70.0 Å². The van der Waals surface area contributed by atoms with E-state index in [4.69, 9.17) is 31.1 Å². The maximum Gasteiger partial charge on any atom is 0.272 e. The van der Waals surface area contributed by atoms with Crippen molar-refractivity contribution in [1.82, 2.24) is 88.3 Å². The second-order valence-electron chi connectivity index (χ2n) is 21.8. The predicted octanol–water partition coefficient (Wildman–Crippen LogP) is 7.88. The molecule has 10 aromatic heterocycles. The van der Waals surface area contributed by atoms with Crippen molar-refractivity contribution in [3.8, 4) is 34.0 Å². The number of ether oxygens (including phenoxy) is 2. The summed E-state index contributed by atoms with van der Waals surface area (Å²) in [5.41, 5.74) is 23.8. The Kier molecular flexibility index (Phi) is 15.0. The number of rotatable bonds is 14. The van der Waals surface area contributed by atoms with Gasteiger partial charge in [-0.25, -0.2) is 44.3 Å². The van der Waals surface area contributed by atoms with Crippen LogP contribution < -0.4 is 31.6 Å². The van der Waals surface area contributed by atoms with Gasteiger partial charge in [-0.15, -0.1) is 0 Å². The number of hydrogen-bond donors (Lipinski definition) is 6. The zero-order valence-corrected chi connectivity index (χ0v) is 48.6. The lowest BCUT2D eigenvalue weighted by atomic mass is 10.0. The molecule has 2 saturated heterocycles. The van der Waals surface area contributed by atoms with E-state index in [1.807, 2.05) is 114 Å². The van der Waals surface area contributed by atoms with Crippen LogP contribution in [0.1, 0.15) is 76.0 Å². The highest BCUT2D eigenvalue weighted by atomic mass is 16.5. The number of fused-ring (bicyclic) bond motifs is 4. The smallest absolute Gasteiger partial charge is 0.272 e. The molecule has 14 rings (SSSR count). The van der Waals surface area contributed by atoms with Gasteiger partial charge in [-0.1, -0.05) is 12.1 Å². The molecule has 0 unspecified atom stereocenters. The molecule has 2 aliphatic rings. The molecule has 26 heteroatoms. The fraction of sp³-hybridized carbons (Fsp3) is 0.279. The number of anilines is 4. The second-order valence-corrected chi connectivity index (χ2v) is 21.8. The number of carbonyl (C=O) groups excluding carboxylic acids is 2. The third-order valence-corrected chi connectivity index (χ3v) is 16.5. The number of nitrogens with two attached hydrogens (primary N) is 2. The van der Waals surface area contributed by atoms with E-state index in [9.17, 15) is 9.59 Å². The Morgan fingerprint density at radius 3 is 1.69 bits per heavy atom. The van der Waals surface area contributed by atoms with Crippen LogP contribution in [0.4, 0.5) is 23.0 Å². The SMILES string of the molecule is COc1cc(-c2nn(C3CCN(Cc4cnc(C)[nH]4)CC3)c3ncnc(N)c23)ccc1NC(=O)c1cc2cccnc2n1C.COc1cc(-c2nn(C3CCN(Cc4cnc[nH]4)CC3)c3ncnc(N)c23)ccc1NC(=O)c1cc2ncccc2n1C. The maximum atomic E-state index is 13.3. The van der Waals surface area contributed by atoms with E-state index in [0.717, 1.165) is 115 Å². The number of aromatic amines is 2. The van der Waals surface area contributed by atoms with E-state index in [1.54, 1.807) is 43.6 Å². The number of H-pyrrole nitrogens is 2. The molecule has 0 atom stereocenters. The fourth-order valence-electron chi connectivity index (χ4n) is 12.0. The van der Waals surface area contributed by atoms with E-state index >= 15 is 0 Å². The van der Waals surface area contributed by atoms with E-state index in [-0.39, 0.29) is 23.9 Å². The molecule has 8 N–H and O–H groups in total. The van der Waals surface area contributed by atoms with Crippen molar-refractivity contribution in [3.63, 3.8) is 0 Å². The Morgan fingerprint density at radius 2 is 1.17 bits per heavy atom. The van der Waals surface area contributed by atoms with Crippen molar-refractivity contribution in [2.45, 2.75) is 57.8 Å². The summed E-state index contributed by atoms with van der Waals surface area (Å²) in [7, 11) is 6.81. The van der Waals surface area contributed by atoms with Crippen LogP contribution in [0.25, 0.3) is 66.6 Å². The van der Waals surface area contributed by atoms with Crippen molar-refractivity contribution in [3.05, 3.63) is 145 Å². The molecule has 2 aliphatic heterocycles. The minimum absolute atomic E-state index is 0.163. The molecule has 12 heterocycles. The van der Waals surface area contributed by atoms with Gasteiger partial charge in [-0.3, -0.25) is 24.4 Å².